The molecule has 2 saturated carbocycles. The van der Waals surface area contributed by atoms with Gasteiger partial charge in [-0.25, -0.2) is 4.79 Å². The number of ether oxygens (including phenoxy) is 2. The van der Waals surface area contributed by atoms with E-state index in [-0.39, 0.29) is 29.2 Å². The van der Waals surface area contributed by atoms with Gasteiger partial charge in [0.2, 0.25) is 11.8 Å². The standard InChI is InChI=1S/C25H23ClN2O6/c1-33-19-9-6-16(26)11-18(19)27-20(29)12-34-25(32)13-4-7-17(8-5-13)28-23(30)21-14-2-3-15(10-14)22(21)24(28)31/h4-9,11,14-15,21-22H,2-3,10,12H2,1H3,(H,27,29)/t14-,15-,21+,22+/m0/s1. The Kier molecular flexibility index (Phi) is 5.77. The third-order valence-electron chi connectivity index (χ3n) is 7.06. The lowest BCUT2D eigenvalue weighted by molar-refractivity contribution is -0.123. The van der Waals surface area contributed by atoms with Crippen LogP contribution in [0.4, 0.5) is 11.4 Å². The number of nitrogens with zero attached hydrogens (tertiary/aromatic N) is 1. The molecule has 0 unspecified atom stereocenters. The predicted octanol–water partition coefficient (Wildman–Crippen LogP) is 3.68. The van der Waals surface area contributed by atoms with Gasteiger partial charge in [-0.15, -0.1) is 0 Å². The lowest BCUT2D eigenvalue weighted by Crippen LogP contribution is -2.32. The van der Waals surface area contributed by atoms with Crippen LogP contribution in [-0.2, 0) is 19.1 Å². The Hall–Kier alpha value is -3.39. The van der Waals surface area contributed by atoms with Gasteiger partial charge in [0.25, 0.3) is 5.91 Å². The number of methoxy groups -OCH3 is 1. The van der Waals surface area contributed by atoms with Gasteiger partial charge in [0.05, 0.1) is 35.9 Å². The van der Waals surface area contributed by atoms with Gasteiger partial charge in [-0.3, -0.25) is 19.3 Å². The molecule has 2 bridgehead atoms. The van der Waals surface area contributed by atoms with Crippen molar-refractivity contribution in [3.8, 4) is 5.75 Å². The number of hydrogen-bond acceptors (Lipinski definition) is 6. The fraction of sp³-hybridized carbons (Fsp3) is 0.360. The minimum atomic E-state index is -0.700. The van der Waals surface area contributed by atoms with Crippen LogP contribution in [0.15, 0.2) is 42.5 Å². The normalized spacial score (nSPS) is 24.8. The molecule has 2 aromatic carbocycles. The maximum absolute atomic E-state index is 13.0. The zero-order valence-electron chi connectivity index (χ0n) is 18.5. The maximum atomic E-state index is 13.0. The molecule has 3 amide bonds. The molecular formula is C25H23ClN2O6. The van der Waals surface area contributed by atoms with Crippen molar-refractivity contribution < 1.29 is 28.7 Å². The van der Waals surface area contributed by atoms with E-state index in [1.165, 1.54) is 30.2 Å². The van der Waals surface area contributed by atoms with Crippen molar-refractivity contribution in [2.45, 2.75) is 19.3 Å². The Bertz CT molecular complexity index is 1150. The van der Waals surface area contributed by atoms with Gasteiger partial charge in [0, 0.05) is 5.02 Å². The van der Waals surface area contributed by atoms with E-state index in [2.05, 4.69) is 5.32 Å². The van der Waals surface area contributed by atoms with Crippen LogP contribution < -0.4 is 15.0 Å². The van der Waals surface area contributed by atoms with Crippen molar-refractivity contribution in [2.75, 3.05) is 23.9 Å². The fourth-order valence-electron chi connectivity index (χ4n) is 5.59. The molecule has 2 aromatic rings. The molecule has 2 aliphatic carbocycles. The Balaban J connectivity index is 1.20. The van der Waals surface area contributed by atoms with Gasteiger partial charge in [0.1, 0.15) is 5.75 Å². The Morgan fingerprint density at radius 2 is 1.68 bits per heavy atom. The van der Waals surface area contributed by atoms with Crippen molar-refractivity contribution in [3.63, 3.8) is 0 Å². The highest BCUT2D eigenvalue weighted by Crippen LogP contribution is 2.56. The molecule has 8 nitrogen and oxygen atoms in total. The summed E-state index contributed by atoms with van der Waals surface area (Å²) in [6.07, 6.45) is 3.01. The molecule has 1 heterocycles. The van der Waals surface area contributed by atoms with Crippen LogP contribution in [0, 0.1) is 23.7 Å². The first-order valence-corrected chi connectivity index (χ1v) is 11.5. The average Bonchev–Trinajstić information content (AvgIpc) is 3.51. The SMILES string of the molecule is COc1ccc(Cl)cc1NC(=O)COC(=O)c1ccc(N2C(=O)[C@@H]3[C@H]4CC[C@@H](C4)[C@H]3C2=O)cc1. The Labute approximate surface area is 201 Å². The Morgan fingerprint density at radius 3 is 2.29 bits per heavy atom. The number of hydrogen-bond donors (Lipinski definition) is 1. The molecule has 4 atom stereocenters. The van der Waals surface area contributed by atoms with E-state index in [9.17, 15) is 19.2 Å². The lowest BCUT2D eigenvalue weighted by atomic mass is 9.81. The largest absolute Gasteiger partial charge is 0.495 e. The smallest absolute Gasteiger partial charge is 0.338 e. The van der Waals surface area contributed by atoms with Crippen molar-refractivity contribution >= 4 is 46.7 Å². The summed E-state index contributed by atoms with van der Waals surface area (Å²) >= 11 is 5.95. The predicted molar refractivity (Wildman–Crippen MR) is 124 cm³/mol. The maximum Gasteiger partial charge on any atom is 0.338 e. The molecule has 34 heavy (non-hydrogen) atoms. The van der Waals surface area contributed by atoms with E-state index in [0.717, 1.165) is 19.3 Å². The van der Waals surface area contributed by atoms with Crippen LogP contribution in [0.3, 0.4) is 0 Å². The number of carbonyl (C=O) groups excluding carboxylic acids is 4. The molecule has 0 aromatic heterocycles. The Morgan fingerprint density at radius 1 is 1.03 bits per heavy atom. The molecule has 1 saturated heterocycles. The van der Waals surface area contributed by atoms with E-state index in [1.54, 1.807) is 24.3 Å². The summed E-state index contributed by atoms with van der Waals surface area (Å²) < 4.78 is 10.3. The van der Waals surface area contributed by atoms with Crippen LogP contribution >= 0.6 is 11.6 Å². The average molecular weight is 483 g/mol. The molecule has 9 heteroatoms. The number of fused-ring (bicyclic) bond motifs is 5. The first-order valence-electron chi connectivity index (χ1n) is 11.2. The number of rotatable bonds is 6. The summed E-state index contributed by atoms with van der Waals surface area (Å²) in [5.74, 6) is -0.889. The molecule has 5 rings (SSSR count). The number of nitrogens with one attached hydrogen (secondary N) is 1. The van der Waals surface area contributed by atoms with Crippen LogP contribution in [-0.4, -0.2) is 37.4 Å². The summed E-state index contributed by atoms with van der Waals surface area (Å²) in [7, 11) is 1.46. The van der Waals surface area contributed by atoms with E-state index in [1.807, 2.05) is 0 Å². The first kappa shape index (κ1) is 22.4. The number of imide groups is 1. The van der Waals surface area contributed by atoms with Crippen LogP contribution in [0.25, 0.3) is 0 Å². The number of halogens is 1. The van der Waals surface area contributed by atoms with Crippen LogP contribution in [0.1, 0.15) is 29.6 Å². The third-order valence-corrected chi connectivity index (χ3v) is 7.29. The zero-order chi connectivity index (χ0) is 24.0. The van der Waals surface area contributed by atoms with Gasteiger partial charge in [0.15, 0.2) is 6.61 Å². The van der Waals surface area contributed by atoms with Gasteiger partial charge in [-0.05, 0) is 73.6 Å². The molecular weight excluding hydrogens is 460 g/mol. The third kappa shape index (κ3) is 3.81. The molecule has 176 valence electrons. The highest BCUT2D eigenvalue weighted by molar-refractivity contribution is 6.31. The topological polar surface area (TPSA) is 102 Å². The van der Waals surface area contributed by atoms with E-state index >= 15 is 0 Å². The second-order valence-corrected chi connectivity index (χ2v) is 9.35. The number of amides is 3. The summed E-state index contributed by atoms with van der Waals surface area (Å²) in [4.78, 5) is 51.8. The molecule has 3 aliphatic rings. The summed E-state index contributed by atoms with van der Waals surface area (Å²) in [6, 6.07) is 10.9. The van der Waals surface area contributed by atoms with Crippen LogP contribution in [0.2, 0.25) is 5.02 Å². The molecule has 0 spiro atoms. The van der Waals surface area contributed by atoms with Crippen LogP contribution in [0.5, 0.6) is 5.75 Å². The second kappa shape index (κ2) is 8.76. The number of esters is 1. The van der Waals surface area contributed by atoms with Gasteiger partial charge >= 0.3 is 5.97 Å². The van der Waals surface area contributed by atoms with Crippen molar-refractivity contribution in [3.05, 3.63) is 53.1 Å². The van der Waals surface area contributed by atoms with Gasteiger partial charge in [-0.2, -0.15) is 0 Å². The highest BCUT2D eigenvalue weighted by atomic mass is 35.5. The first-order chi connectivity index (χ1) is 16.4. The second-order valence-electron chi connectivity index (χ2n) is 8.91. The summed E-state index contributed by atoms with van der Waals surface area (Å²) in [6.45, 7) is -0.508. The number of anilines is 2. The van der Waals surface area contributed by atoms with E-state index < -0.39 is 18.5 Å². The van der Waals surface area contributed by atoms with Crippen molar-refractivity contribution in [2.24, 2.45) is 23.7 Å². The van der Waals surface area contributed by atoms with E-state index in [4.69, 9.17) is 21.1 Å². The highest BCUT2D eigenvalue weighted by Gasteiger charge is 2.61. The minimum Gasteiger partial charge on any atom is -0.495 e. The molecule has 0 radical (unpaired) electrons. The van der Waals surface area contributed by atoms with Crippen molar-refractivity contribution in [1.29, 1.82) is 0 Å². The van der Waals surface area contributed by atoms with Crippen molar-refractivity contribution in [1.82, 2.24) is 0 Å². The van der Waals surface area contributed by atoms with Gasteiger partial charge < -0.3 is 14.8 Å². The quantitative estimate of drug-likeness (QED) is 0.497. The summed E-state index contributed by atoms with van der Waals surface area (Å²) in [5.41, 5.74) is 1.01. The monoisotopic (exact) mass is 482 g/mol. The number of benzene rings is 2. The van der Waals surface area contributed by atoms with Gasteiger partial charge in [-0.1, -0.05) is 11.6 Å². The number of carbonyl (C=O) groups is 4. The fourth-order valence-corrected chi connectivity index (χ4v) is 5.76. The summed E-state index contributed by atoms with van der Waals surface area (Å²) in [5, 5.41) is 3.01. The lowest BCUT2D eigenvalue weighted by Gasteiger charge is -2.19. The molecule has 3 fully saturated rings. The van der Waals surface area contributed by atoms with E-state index in [0.29, 0.717) is 34.0 Å². The molecule has 1 N–H and O–H groups in total. The molecule has 1 aliphatic heterocycles. The minimum absolute atomic E-state index is 0.134. The zero-order valence-corrected chi connectivity index (χ0v) is 19.2.